The van der Waals surface area contributed by atoms with Gasteiger partial charge in [-0.25, -0.2) is 4.98 Å². The minimum atomic E-state index is -0.380. The zero-order chi connectivity index (χ0) is 14.5. The third-order valence-electron chi connectivity index (χ3n) is 3.44. The summed E-state index contributed by atoms with van der Waals surface area (Å²) in [7, 11) is 0. The predicted molar refractivity (Wildman–Crippen MR) is 81.8 cm³/mol. The number of nitrogens with zero attached hydrogens (tertiary/aromatic N) is 2. The highest BCUT2D eigenvalue weighted by Gasteiger charge is 2.11. The smallest absolute Gasteiger partial charge is 0.111 e. The minimum Gasteiger partial charge on any atom is -0.392 e. The van der Waals surface area contributed by atoms with E-state index in [0.29, 0.717) is 12.8 Å². The molecule has 0 saturated carbocycles. The maximum atomic E-state index is 10.3. The van der Waals surface area contributed by atoms with Gasteiger partial charge < -0.3 is 9.67 Å². The van der Waals surface area contributed by atoms with Gasteiger partial charge >= 0.3 is 0 Å². The Hall–Kier alpha value is -1.61. The molecule has 0 amide bonds. The molecular formula is C17H24N2O. The second kappa shape index (κ2) is 6.71. The van der Waals surface area contributed by atoms with E-state index in [2.05, 4.69) is 48.5 Å². The molecule has 3 nitrogen and oxygen atoms in total. The van der Waals surface area contributed by atoms with Crippen LogP contribution in [0.2, 0.25) is 0 Å². The van der Waals surface area contributed by atoms with E-state index in [-0.39, 0.29) is 6.10 Å². The maximum Gasteiger partial charge on any atom is 0.111 e. The molecule has 0 spiro atoms. The van der Waals surface area contributed by atoms with E-state index in [4.69, 9.17) is 0 Å². The lowest BCUT2D eigenvalue weighted by atomic mass is 10.0. The normalized spacial score (nSPS) is 12.6. The second-order valence-electron chi connectivity index (χ2n) is 5.59. The van der Waals surface area contributed by atoms with E-state index in [1.54, 1.807) is 0 Å². The van der Waals surface area contributed by atoms with Crippen LogP contribution >= 0.6 is 0 Å². The van der Waals surface area contributed by atoms with Gasteiger partial charge in [0.15, 0.2) is 0 Å². The summed E-state index contributed by atoms with van der Waals surface area (Å²) < 4.78 is 2.13. The monoisotopic (exact) mass is 272 g/mol. The van der Waals surface area contributed by atoms with Crippen molar-refractivity contribution >= 4 is 0 Å². The predicted octanol–water partition coefficient (Wildman–Crippen LogP) is 3.06. The van der Waals surface area contributed by atoms with E-state index in [9.17, 15) is 5.11 Å². The van der Waals surface area contributed by atoms with Gasteiger partial charge in [-0.1, -0.05) is 36.2 Å². The Labute approximate surface area is 121 Å². The average molecular weight is 272 g/mol. The summed E-state index contributed by atoms with van der Waals surface area (Å²) in [6.45, 7) is 7.30. The number of aryl methyl sites for hydroxylation is 3. The number of benzene rings is 1. The Bertz CT molecular complexity index is 540. The highest BCUT2D eigenvalue weighted by molar-refractivity contribution is 5.29. The quantitative estimate of drug-likeness (QED) is 0.877. The van der Waals surface area contributed by atoms with E-state index in [0.717, 1.165) is 18.8 Å². The van der Waals surface area contributed by atoms with Crippen LogP contribution in [-0.2, 0) is 19.4 Å². The summed E-state index contributed by atoms with van der Waals surface area (Å²) >= 11 is 0. The van der Waals surface area contributed by atoms with Gasteiger partial charge in [-0.3, -0.25) is 0 Å². The van der Waals surface area contributed by atoms with Crippen molar-refractivity contribution in [2.75, 3.05) is 0 Å². The van der Waals surface area contributed by atoms with Gasteiger partial charge in [-0.05, 0) is 32.3 Å². The fourth-order valence-corrected chi connectivity index (χ4v) is 2.72. The van der Waals surface area contributed by atoms with E-state index < -0.39 is 0 Å². The lowest BCUT2D eigenvalue weighted by Crippen LogP contribution is -2.17. The van der Waals surface area contributed by atoms with Crippen LogP contribution in [0, 0.1) is 13.8 Å². The van der Waals surface area contributed by atoms with E-state index in [1.807, 2.05) is 12.4 Å². The van der Waals surface area contributed by atoms with Crippen LogP contribution < -0.4 is 0 Å². The molecule has 1 unspecified atom stereocenters. The number of aromatic nitrogens is 2. The maximum absolute atomic E-state index is 10.3. The number of hydrogen-bond donors (Lipinski definition) is 1. The van der Waals surface area contributed by atoms with Crippen molar-refractivity contribution in [2.24, 2.45) is 0 Å². The third-order valence-corrected chi connectivity index (χ3v) is 3.44. The molecule has 0 radical (unpaired) electrons. The molecule has 20 heavy (non-hydrogen) atoms. The number of rotatable bonds is 6. The Morgan fingerprint density at radius 3 is 2.50 bits per heavy atom. The topological polar surface area (TPSA) is 38.0 Å². The second-order valence-corrected chi connectivity index (χ2v) is 5.59. The molecule has 108 valence electrons. The summed E-state index contributed by atoms with van der Waals surface area (Å²) in [6, 6.07) is 6.45. The largest absolute Gasteiger partial charge is 0.392 e. The molecule has 2 aromatic rings. The summed E-state index contributed by atoms with van der Waals surface area (Å²) in [5.41, 5.74) is 3.70. The number of aliphatic hydroxyl groups excluding tert-OH is 1. The molecule has 1 N–H and O–H groups in total. The van der Waals surface area contributed by atoms with E-state index in [1.165, 1.54) is 16.7 Å². The van der Waals surface area contributed by atoms with Gasteiger partial charge in [0.2, 0.25) is 0 Å². The lowest BCUT2D eigenvalue weighted by molar-refractivity contribution is 0.171. The van der Waals surface area contributed by atoms with E-state index >= 15 is 0 Å². The Kier molecular flexibility index (Phi) is 4.96. The highest BCUT2D eigenvalue weighted by Crippen LogP contribution is 2.13. The number of hydrogen-bond acceptors (Lipinski definition) is 2. The van der Waals surface area contributed by atoms with Crippen LogP contribution in [0.1, 0.15) is 35.9 Å². The first kappa shape index (κ1) is 14.8. The zero-order valence-electron chi connectivity index (χ0n) is 12.6. The van der Waals surface area contributed by atoms with Crippen LogP contribution in [0.4, 0.5) is 0 Å². The minimum absolute atomic E-state index is 0.380. The molecular weight excluding hydrogens is 248 g/mol. The molecule has 0 aliphatic rings. The van der Waals surface area contributed by atoms with Gasteiger partial charge in [0.25, 0.3) is 0 Å². The SMILES string of the molecule is CCCn1ccnc1CC(O)Cc1cc(C)cc(C)c1. The molecule has 3 heteroatoms. The van der Waals surface area contributed by atoms with Crippen molar-refractivity contribution in [3.05, 3.63) is 53.1 Å². The molecule has 0 aliphatic carbocycles. The summed E-state index contributed by atoms with van der Waals surface area (Å²) in [4.78, 5) is 4.35. The average Bonchev–Trinajstić information content (AvgIpc) is 2.75. The van der Waals surface area contributed by atoms with Gasteiger partial charge in [-0.2, -0.15) is 0 Å². The zero-order valence-corrected chi connectivity index (χ0v) is 12.6. The van der Waals surface area contributed by atoms with Gasteiger partial charge in [0.1, 0.15) is 5.82 Å². The van der Waals surface area contributed by atoms with Crippen molar-refractivity contribution in [2.45, 2.75) is 52.7 Å². The van der Waals surface area contributed by atoms with Gasteiger partial charge in [0, 0.05) is 25.4 Å². The molecule has 0 aliphatic heterocycles. The summed E-state index contributed by atoms with van der Waals surface area (Å²) in [6.07, 6.45) is 5.80. The first-order valence-electron chi connectivity index (χ1n) is 7.33. The van der Waals surface area contributed by atoms with Crippen LogP contribution in [-0.4, -0.2) is 20.8 Å². The van der Waals surface area contributed by atoms with Crippen LogP contribution in [0.3, 0.4) is 0 Å². The fourth-order valence-electron chi connectivity index (χ4n) is 2.72. The first-order chi connectivity index (χ1) is 9.58. The van der Waals surface area contributed by atoms with Crippen molar-refractivity contribution in [3.63, 3.8) is 0 Å². The Morgan fingerprint density at radius 2 is 1.85 bits per heavy atom. The third kappa shape index (κ3) is 3.94. The van der Waals surface area contributed by atoms with Crippen LogP contribution in [0.15, 0.2) is 30.6 Å². The molecule has 0 fully saturated rings. The first-order valence-corrected chi connectivity index (χ1v) is 7.33. The van der Waals surface area contributed by atoms with Gasteiger partial charge in [0.05, 0.1) is 6.10 Å². The van der Waals surface area contributed by atoms with Crippen molar-refractivity contribution in [3.8, 4) is 0 Å². The standard InChI is InChI=1S/C17H24N2O/c1-4-6-19-7-5-18-17(19)12-16(20)11-15-9-13(2)8-14(3)10-15/h5,7-10,16,20H,4,6,11-12H2,1-3H3. The lowest BCUT2D eigenvalue weighted by Gasteiger charge is -2.13. The molecule has 0 saturated heterocycles. The van der Waals surface area contributed by atoms with Crippen molar-refractivity contribution in [1.29, 1.82) is 0 Å². The number of aliphatic hydroxyl groups is 1. The van der Waals surface area contributed by atoms with Crippen LogP contribution in [0.25, 0.3) is 0 Å². The Balaban J connectivity index is 2.01. The molecule has 1 atom stereocenters. The highest BCUT2D eigenvalue weighted by atomic mass is 16.3. The van der Waals surface area contributed by atoms with Crippen LogP contribution in [0.5, 0.6) is 0 Å². The fraction of sp³-hybridized carbons (Fsp3) is 0.471. The molecule has 2 rings (SSSR count). The Morgan fingerprint density at radius 1 is 1.15 bits per heavy atom. The molecule has 0 bridgehead atoms. The van der Waals surface area contributed by atoms with Crippen molar-refractivity contribution < 1.29 is 5.11 Å². The molecule has 1 aromatic heterocycles. The molecule has 1 heterocycles. The summed E-state index contributed by atoms with van der Waals surface area (Å²) in [5, 5.41) is 10.3. The summed E-state index contributed by atoms with van der Waals surface area (Å²) in [5.74, 6) is 0.976. The number of imidazole rings is 1. The molecule has 1 aromatic carbocycles. The van der Waals surface area contributed by atoms with Crippen molar-refractivity contribution in [1.82, 2.24) is 9.55 Å². The van der Waals surface area contributed by atoms with Gasteiger partial charge in [-0.15, -0.1) is 0 Å².